The first-order chi connectivity index (χ1) is 13.8. The standard InChI is InChI=1S/C21H21FN2O5/c1-13-11-19(25)23-17-5-3-4-6-18(17)24(13)20(26)12-28-21(27)14(2)29-16-9-7-15(22)8-10-16/h3-10,13-14H,11-12H2,1-2H3,(H,23,25)/t13-,14-/m1/s1. The smallest absolute Gasteiger partial charge is 0.347 e. The van der Waals surface area contributed by atoms with Crippen LogP contribution < -0.4 is 15.0 Å². The highest BCUT2D eigenvalue weighted by Crippen LogP contribution is 2.31. The molecule has 1 aliphatic heterocycles. The van der Waals surface area contributed by atoms with Gasteiger partial charge in [0.15, 0.2) is 12.7 Å². The third-order valence-electron chi connectivity index (χ3n) is 4.42. The van der Waals surface area contributed by atoms with E-state index in [1.807, 2.05) is 0 Å². The average Bonchev–Trinajstić information content (AvgIpc) is 2.81. The van der Waals surface area contributed by atoms with E-state index >= 15 is 0 Å². The van der Waals surface area contributed by atoms with Crippen LogP contribution in [0.5, 0.6) is 5.75 Å². The Morgan fingerprint density at radius 3 is 2.62 bits per heavy atom. The van der Waals surface area contributed by atoms with Gasteiger partial charge in [-0.25, -0.2) is 9.18 Å². The van der Waals surface area contributed by atoms with E-state index in [1.54, 1.807) is 31.2 Å². The minimum absolute atomic E-state index is 0.123. The summed E-state index contributed by atoms with van der Waals surface area (Å²) in [6, 6.07) is 11.7. The van der Waals surface area contributed by atoms with Gasteiger partial charge in [0.1, 0.15) is 11.6 Å². The fourth-order valence-corrected chi connectivity index (χ4v) is 3.05. The van der Waals surface area contributed by atoms with Crippen LogP contribution in [-0.4, -0.2) is 36.5 Å². The molecule has 2 amide bonds. The molecule has 0 aromatic heterocycles. The Balaban J connectivity index is 1.64. The summed E-state index contributed by atoms with van der Waals surface area (Å²) in [5.74, 6) is -1.49. The van der Waals surface area contributed by atoms with Gasteiger partial charge in [0.25, 0.3) is 5.91 Å². The number of rotatable bonds is 5. The number of nitrogens with zero attached hydrogens (tertiary/aromatic N) is 1. The predicted octanol–water partition coefficient (Wildman–Crippen LogP) is 2.90. The van der Waals surface area contributed by atoms with Crippen LogP contribution in [0.3, 0.4) is 0 Å². The number of esters is 1. The van der Waals surface area contributed by atoms with E-state index in [2.05, 4.69) is 5.32 Å². The SMILES string of the molecule is C[C@@H]1CC(=O)Nc2ccccc2N1C(=O)COC(=O)[C@@H](C)Oc1ccc(F)cc1. The molecule has 2 aromatic rings. The Hall–Kier alpha value is -3.42. The Morgan fingerprint density at radius 2 is 1.90 bits per heavy atom. The molecule has 29 heavy (non-hydrogen) atoms. The van der Waals surface area contributed by atoms with Gasteiger partial charge < -0.3 is 19.7 Å². The molecule has 0 fully saturated rings. The van der Waals surface area contributed by atoms with E-state index in [9.17, 15) is 18.8 Å². The summed E-state index contributed by atoms with van der Waals surface area (Å²) >= 11 is 0. The lowest BCUT2D eigenvalue weighted by atomic mass is 10.1. The van der Waals surface area contributed by atoms with Crippen molar-refractivity contribution in [2.75, 3.05) is 16.8 Å². The fourth-order valence-electron chi connectivity index (χ4n) is 3.05. The number of benzene rings is 2. The number of hydrogen-bond donors (Lipinski definition) is 1. The first-order valence-electron chi connectivity index (χ1n) is 9.15. The van der Waals surface area contributed by atoms with E-state index in [0.717, 1.165) is 0 Å². The second-order valence-corrected chi connectivity index (χ2v) is 6.70. The van der Waals surface area contributed by atoms with Crippen molar-refractivity contribution in [2.45, 2.75) is 32.4 Å². The minimum Gasteiger partial charge on any atom is -0.479 e. The van der Waals surface area contributed by atoms with Crippen LogP contribution in [0.4, 0.5) is 15.8 Å². The van der Waals surface area contributed by atoms with Crippen molar-refractivity contribution < 1.29 is 28.2 Å². The molecule has 152 valence electrons. The van der Waals surface area contributed by atoms with Crippen LogP contribution in [0.2, 0.25) is 0 Å². The van der Waals surface area contributed by atoms with Crippen LogP contribution in [0.1, 0.15) is 20.3 Å². The molecule has 2 aromatic carbocycles. The molecule has 0 spiro atoms. The predicted molar refractivity (Wildman–Crippen MR) is 104 cm³/mol. The summed E-state index contributed by atoms with van der Waals surface area (Å²) < 4.78 is 23.5. The number of ether oxygens (including phenoxy) is 2. The van der Waals surface area contributed by atoms with Gasteiger partial charge in [-0.05, 0) is 50.2 Å². The Labute approximate surface area is 167 Å². The summed E-state index contributed by atoms with van der Waals surface area (Å²) in [5, 5.41) is 2.76. The topological polar surface area (TPSA) is 84.9 Å². The summed E-state index contributed by atoms with van der Waals surface area (Å²) in [5.41, 5.74) is 1.07. The first kappa shape index (κ1) is 20.3. The number of nitrogens with one attached hydrogen (secondary N) is 1. The molecule has 1 aliphatic rings. The van der Waals surface area contributed by atoms with Gasteiger partial charge in [-0.15, -0.1) is 0 Å². The van der Waals surface area contributed by atoms with Gasteiger partial charge in [-0.2, -0.15) is 0 Å². The van der Waals surface area contributed by atoms with Crippen molar-refractivity contribution in [3.05, 3.63) is 54.3 Å². The Kier molecular flexibility index (Phi) is 6.11. The quantitative estimate of drug-likeness (QED) is 0.780. The number of anilines is 2. The van der Waals surface area contributed by atoms with Gasteiger partial charge in [0, 0.05) is 12.5 Å². The zero-order valence-electron chi connectivity index (χ0n) is 16.1. The van der Waals surface area contributed by atoms with Crippen molar-refractivity contribution in [1.82, 2.24) is 0 Å². The third kappa shape index (κ3) is 4.90. The van der Waals surface area contributed by atoms with Crippen LogP contribution in [0.25, 0.3) is 0 Å². The molecule has 7 nitrogen and oxygen atoms in total. The van der Waals surface area contributed by atoms with E-state index in [1.165, 1.54) is 36.1 Å². The molecular formula is C21H21FN2O5. The second kappa shape index (κ2) is 8.72. The highest BCUT2D eigenvalue weighted by molar-refractivity contribution is 6.05. The highest BCUT2D eigenvalue weighted by Gasteiger charge is 2.30. The molecule has 0 bridgehead atoms. The van der Waals surface area contributed by atoms with Crippen molar-refractivity contribution in [2.24, 2.45) is 0 Å². The molecule has 0 radical (unpaired) electrons. The summed E-state index contributed by atoms with van der Waals surface area (Å²) in [6.07, 6.45) is -0.858. The van der Waals surface area contributed by atoms with E-state index < -0.39 is 36.4 Å². The molecule has 3 rings (SSSR count). The third-order valence-corrected chi connectivity index (χ3v) is 4.42. The minimum atomic E-state index is -0.981. The number of para-hydroxylation sites is 2. The maximum atomic E-state index is 12.9. The van der Waals surface area contributed by atoms with Gasteiger partial charge in [0.2, 0.25) is 5.91 Å². The van der Waals surface area contributed by atoms with Crippen LogP contribution in [-0.2, 0) is 19.1 Å². The normalized spacial score (nSPS) is 16.9. The number of hydrogen-bond acceptors (Lipinski definition) is 5. The molecule has 2 atom stereocenters. The Bertz CT molecular complexity index is 916. The first-order valence-corrected chi connectivity index (χ1v) is 9.15. The van der Waals surface area contributed by atoms with E-state index in [4.69, 9.17) is 9.47 Å². The molecule has 0 saturated carbocycles. The van der Waals surface area contributed by atoms with Gasteiger partial charge >= 0.3 is 5.97 Å². The second-order valence-electron chi connectivity index (χ2n) is 6.70. The maximum absolute atomic E-state index is 12.9. The number of carbonyl (C=O) groups is 3. The van der Waals surface area contributed by atoms with Crippen LogP contribution >= 0.6 is 0 Å². The summed E-state index contributed by atoms with van der Waals surface area (Å²) in [7, 11) is 0. The number of halogens is 1. The molecule has 0 aliphatic carbocycles. The van der Waals surface area contributed by atoms with Crippen molar-refractivity contribution in [3.63, 3.8) is 0 Å². The molecule has 0 unspecified atom stereocenters. The lowest BCUT2D eigenvalue weighted by molar-refractivity contribution is -0.154. The Morgan fingerprint density at radius 1 is 1.21 bits per heavy atom. The maximum Gasteiger partial charge on any atom is 0.347 e. The number of amides is 2. The molecule has 0 saturated heterocycles. The van der Waals surface area contributed by atoms with Gasteiger partial charge in [-0.3, -0.25) is 9.59 Å². The monoisotopic (exact) mass is 400 g/mol. The van der Waals surface area contributed by atoms with E-state index in [0.29, 0.717) is 17.1 Å². The van der Waals surface area contributed by atoms with Crippen LogP contribution in [0.15, 0.2) is 48.5 Å². The summed E-state index contributed by atoms with van der Waals surface area (Å²) in [6.45, 7) is 2.73. The van der Waals surface area contributed by atoms with Gasteiger partial charge in [0.05, 0.1) is 11.4 Å². The largest absolute Gasteiger partial charge is 0.479 e. The zero-order chi connectivity index (χ0) is 21.0. The fraction of sp³-hybridized carbons (Fsp3) is 0.286. The van der Waals surface area contributed by atoms with Crippen LogP contribution in [0, 0.1) is 5.82 Å². The lowest BCUT2D eigenvalue weighted by Gasteiger charge is -2.27. The highest BCUT2D eigenvalue weighted by atomic mass is 19.1. The van der Waals surface area contributed by atoms with Crippen molar-refractivity contribution in [3.8, 4) is 5.75 Å². The number of fused-ring (bicyclic) bond motifs is 1. The molecule has 8 heteroatoms. The van der Waals surface area contributed by atoms with Crippen molar-refractivity contribution >= 4 is 29.2 Å². The number of carbonyl (C=O) groups excluding carboxylic acids is 3. The zero-order valence-corrected chi connectivity index (χ0v) is 16.1. The summed E-state index contributed by atoms with van der Waals surface area (Å²) in [4.78, 5) is 38.4. The van der Waals surface area contributed by atoms with Crippen molar-refractivity contribution in [1.29, 1.82) is 0 Å². The lowest BCUT2D eigenvalue weighted by Crippen LogP contribution is -2.42. The molecular weight excluding hydrogens is 379 g/mol. The molecule has 1 heterocycles. The average molecular weight is 400 g/mol. The van der Waals surface area contributed by atoms with Gasteiger partial charge in [-0.1, -0.05) is 12.1 Å². The van der Waals surface area contributed by atoms with E-state index in [-0.39, 0.29) is 12.3 Å². The molecule has 1 N–H and O–H groups in total.